The standard InChI is InChI=1S/C16H15N3O4/c1-9(2)18-8-13(10(3)17-18)16(22)23-19-14(20)11-6-4-5-7-12(11)15(19)21/h4-9H,1-3H3. The molecule has 3 rings (SSSR count). The van der Waals surface area contributed by atoms with Crippen molar-refractivity contribution in [2.45, 2.75) is 26.8 Å². The van der Waals surface area contributed by atoms with Gasteiger partial charge in [-0.05, 0) is 32.9 Å². The van der Waals surface area contributed by atoms with Gasteiger partial charge in [0.25, 0.3) is 11.8 Å². The molecule has 2 heterocycles. The van der Waals surface area contributed by atoms with Crippen LogP contribution in [0.5, 0.6) is 0 Å². The van der Waals surface area contributed by atoms with E-state index in [1.165, 1.54) is 12.1 Å². The van der Waals surface area contributed by atoms with Crippen molar-refractivity contribution in [2.75, 3.05) is 0 Å². The first-order chi connectivity index (χ1) is 10.9. The Labute approximate surface area is 132 Å². The maximum atomic E-state index is 12.3. The zero-order valence-electron chi connectivity index (χ0n) is 12.9. The first kappa shape index (κ1) is 15.0. The number of hydrogen-bond donors (Lipinski definition) is 0. The number of rotatable bonds is 3. The van der Waals surface area contributed by atoms with Crippen molar-refractivity contribution in [1.82, 2.24) is 14.8 Å². The van der Waals surface area contributed by atoms with Crippen LogP contribution in [-0.2, 0) is 4.84 Å². The minimum atomic E-state index is -0.788. The van der Waals surface area contributed by atoms with Crippen LogP contribution in [0.15, 0.2) is 30.5 Å². The summed E-state index contributed by atoms with van der Waals surface area (Å²) in [4.78, 5) is 41.7. The summed E-state index contributed by atoms with van der Waals surface area (Å²) in [6.45, 7) is 5.51. The Hall–Kier alpha value is -2.96. The molecule has 1 aromatic carbocycles. The summed E-state index contributed by atoms with van der Waals surface area (Å²) in [5.74, 6) is -2.08. The van der Waals surface area contributed by atoms with E-state index in [0.717, 1.165) is 0 Å². The quantitative estimate of drug-likeness (QED) is 0.811. The van der Waals surface area contributed by atoms with E-state index in [1.54, 1.807) is 29.9 Å². The number of hydroxylamine groups is 2. The average Bonchev–Trinajstić information content (AvgIpc) is 3.02. The molecule has 0 spiro atoms. The number of amides is 2. The molecule has 118 valence electrons. The lowest BCUT2D eigenvalue weighted by Gasteiger charge is -2.12. The Bertz CT molecular complexity index is 787. The lowest BCUT2D eigenvalue weighted by Crippen LogP contribution is -2.32. The predicted molar refractivity (Wildman–Crippen MR) is 79.7 cm³/mol. The summed E-state index contributed by atoms with van der Waals surface area (Å²) in [6.07, 6.45) is 1.54. The van der Waals surface area contributed by atoms with Crippen LogP contribution in [0.3, 0.4) is 0 Å². The van der Waals surface area contributed by atoms with Crippen LogP contribution >= 0.6 is 0 Å². The highest BCUT2D eigenvalue weighted by Crippen LogP contribution is 2.23. The maximum Gasteiger partial charge on any atom is 0.367 e. The normalized spacial score (nSPS) is 13.7. The van der Waals surface area contributed by atoms with Gasteiger partial charge in [-0.2, -0.15) is 5.10 Å². The zero-order valence-corrected chi connectivity index (χ0v) is 12.9. The molecule has 0 unspecified atom stereocenters. The third-order valence-corrected chi connectivity index (χ3v) is 3.60. The highest BCUT2D eigenvalue weighted by atomic mass is 16.7. The first-order valence-electron chi connectivity index (χ1n) is 7.16. The number of nitrogens with zero attached hydrogens (tertiary/aromatic N) is 3. The molecular weight excluding hydrogens is 298 g/mol. The van der Waals surface area contributed by atoms with Crippen LogP contribution in [0.2, 0.25) is 0 Å². The van der Waals surface area contributed by atoms with Gasteiger partial charge < -0.3 is 4.84 Å². The van der Waals surface area contributed by atoms with Crippen LogP contribution in [0.1, 0.15) is 56.7 Å². The Morgan fingerprint density at radius 2 is 1.70 bits per heavy atom. The predicted octanol–water partition coefficient (Wildman–Crippen LogP) is 2.14. The molecule has 2 amide bonds. The van der Waals surface area contributed by atoms with Gasteiger partial charge in [-0.25, -0.2) is 4.79 Å². The van der Waals surface area contributed by atoms with Crippen LogP contribution in [0.25, 0.3) is 0 Å². The zero-order chi connectivity index (χ0) is 16.7. The van der Waals surface area contributed by atoms with Gasteiger partial charge in [-0.15, -0.1) is 0 Å². The molecule has 2 aromatic rings. The highest BCUT2D eigenvalue weighted by molar-refractivity contribution is 6.21. The molecule has 7 heteroatoms. The van der Waals surface area contributed by atoms with Gasteiger partial charge >= 0.3 is 5.97 Å². The van der Waals surface area contributed by atoms with Crippen LogP contribution in [0.4, 0.5) is 0 Å². The maximum absolute atomic E-state index is 12.3. The summed E-state index contributed by atoms with van der Waals surface area (Å²) in [7, 11) is 0. The average molecular weight is 313 g/mol. The summed E-state index contributed by atoms with van der Waals surface area (Å²) in [6, 6.07) is 6.41. The summed E-state index contributed by atoms with van der Waals surface area (Å²) >= 11 is 0. The lowest BCUT2D eigenvalue weighted by molar-refractivity contribution is -0.0585. The SMILES string of the molecule is Cc1nn(C(C)C)cc1C(=O)ON1C(=O)c2ccccc2C1=O. The third-order valence-electron chi connectivity index (χ3n) is 3.60. The van der Waals surface area contributed by atoms with Crippen molar-refractivity contribution >= 4 is 17.8 Å². The van der Waals surface area contributed by atoms with Crippen molar-refractivity contribution in [1.29, 1.82) is 0 Å². The third kappa shape index (κ3) is 2.40. The first-order valence-corrected chi connectivity index (χ1v) is 7.16. The number of imide groups is 1. The molecular formula is C16H15N3O4. The molecule has 1 aliphatic rings. The number of aryl methyl sites for hydroxylation is 1. The number of fused-ring (bicyclic) bond motifs is 1. The molecule has 0 radical (unpaired) electrons. The van der Waals surface area contributed by atoms with Gasteiger partial charge in [0, 0.05) is 12.2 Å². The second-order valence-electron chi connectivity index (χ2n) is 5.53. The number of benzene rings is 1. The van der Waals surface area contributed by atoms with E-state index >= 15 is 0 Å². The number of aromatic nitrogens is 2. The minimum absolute atomic E-state index is 0.0783. The molecule has 1 aromatic heterocycles. The smallest absolute Gasteiger partial charge is 0.324 e. The summed E-state index contributed by atoms with van der Waals surface area (Å²) in [5.41, 5.74) is 1.13. The molecule has 0 fully saturated rings. The molecule has 0 bridgehead atoms. The molecule has 0 saturated carbocycles. The molecule has 0 saturated heterocycles. The molecule has 23 heavy (non-hydrogen) atoms. The van der Waals surface area contributed by atoms with Crippen molar-refractivity contribution in [3.8, 4) is 0 Å². The van der Waals surface area contributed by atoms with E-state index in [0.29, 0.717) is 10.8 Å². The summed E-state index contributed by atoms with van der Waals surface area (Å²) < 4.78 is 1.62. The number of carbonyl (C=O) groups is 3. The largest absolute Gasteiger partial charge is 0.367 e. The Kier molecular flexibility index (Phi) is 3.48. The lowest BCUT2D eigenvalue weighted by atomic mass is 10.1. The van der Waals surface area contributed by atoms with Crippen molar-refractivity contribution in [3.63, 3.8) is 0 Å². The molecule has 0 N–H and O–H groups in total. The second kappa shape index (κ2) is 5.35. The van der Waals surface area contributed by atoms with Crippen molar-refractivity contribution in [2.24, 2.45) is 0 Å². The van der Waals surface area contributed by atoms with E-state index in [1.807, 2.05) is 13.8 Å². The minimum Gasteiger partial charge on any atom is -0.324 e. The van der Waals surface area contributed by atoms with E-state index in [9.17, 15) is 14.4 Å². The Morgan fingerprint density at radius 1 is 1.13 bits per heavy atom. The fourth-order valence-electron chi connectivity index (χ4n) is 2.33. The topological polar surface area (TPSA) is 81.5 Å². The van der Waals surface area contributed by atoms with E-state index in [4.69, 9.17) is 4.84 Å². The van der Waals surface area contributed by atoms with E-state index < -0.39 is 17.8 Å². The molecule has 0 atom stereocenters. The number of hydrogen-bond acceptors (Lipinski definition) is 5. The van der Waals surface area contributed by atoms with Gasteiger partial charge in [0.05, 0.1) is 16.8 Å². The second-order valence-corrected chi connectivity index (χ2v) is 5.53. The van der Waals surface area contributed by atoms with Gasteiger partial charge in [-0.1, -0.05) is 17.2 Å². The van der Waals surface area contributed by atoms with Crippen LogP contribution in [0, 0.1) is 6.92 Å². The van der Waals surface area contributed by atoms with E-state index in [2.05, 4.69) is 5.10 Å². The summed E-state index contributed by atoms with van der Waals surface area (Å²) in [5, 5.41) is 4.71. The van der Waals surface area contributed by atoms with E-state index in [-0.39, 0.29) is 22.7 Å². The fraction of sp³-hybridized carbons (Fsp3) is 0.250. The highest BCUT2D eigenvalue weighted by Gasteiger charge is 2.39. The molecule has 1 aliphatic heterocycles. The van der Waals surface area contributed by atoms with Crippen LogP contribution in [-0.4, -0.2) is 32.6 Å². The molecule has 0 aliphatic carbocycles. The Morgan fingerprint density at radius 3 is 2.17 bits per heavy atom. The molecule has 7 nitrogen and oxygen atoms in total. The van der Waals surface area contributed by atoms with Crippen molar-refractivity contribution in [3.05, 3.63) is 52.8 Å². The van der Waals surface area contributed by atoms with Crippen molar-refractivity contribution < 1.29 is 19.2 Å². The van der Waals surface area contributed by atoms with Crippen LogP contribution < -0.4 is 0 Å². The van der Waals surface area contributed by atoms with Gasteiger partial charge in [0.1, 0.15) is 5.56 Å². The number of carbonyl (C=O) groups excluding carboxylic acids is 3. The van der Waals surface area contributed by atoms with Gasteiger partial charge in [0.2, 0.25) is 0 Å². The van der Waals surface area contributed by atoms with Gasteiger partial charge in [-0.3, -0.25) is 14.3 Å². The Balaban J connectivity index is 1.85. The monoisotopic (exact) mass is 313 g/mol. The van der Waals surface area contributed by atoms with Gasteiger partial charge in [0.15, 0.2) is 0 Å². The fourth-order valence-corrected chi connectivity index (χ4v) is 2.33.